The van der Waals surface area contributed by atoms with Crippen LogP contribution >= 0.6 is 11.6 Å². The van der Waals surface area contributed by atoms with E-state index in [2.05, 4.69) is 5.32 Å². The van der Waals surface area contributed by atoms with Gasteiger partial charge in [-0.3, -0.25) is 4.79 Å². The molecule has 0 aromatic heterocycles. The molecule has 0 aliphatic carbocycles. The van der Waals surface area contributed by atoms with Gasteiger partial charge in [-0.1, -0.05) is 23.7 Å². The van der Waals surface area contributed by atoms with Crippen LogP contribution in [-0.4, -0.2) is 28.1 Å². The fourth-order valence-electron chi connectivity index (χ4n) is 1.45. The molecule has 19 heavy (non-hydrogen) atoms. The topological polar surface area (TPSA) is 86.6 Å². The second-order valence-electron chi connectivity index (χ2n) is 3.97. The Bertz CT molecular complexity index is 484. The van der Waals surface area contributed by atoms with Crippen LogP contribution in [0.5, 0.6) is 0 Å². The Morgan fingerprint density at radius 1 is 1.26 bits per heavy atom. The van der Waals surface area contributed by atoms with E-state index in [9.17, 15) is 14.7 Å². The molecule has 2 unspecified atom stereocenters. The number of carbonyl (C=O) groups excluding carboxylic acids is 1. The third kappa shape index (κ3) is 5.11. The summed E-state index contributed by atoms with van der Waals surface area (Å²) in [6.07, 6.45) is 0.726. The van der Waals surface area contributed by atoms with Crippen molar-refractivity contribution >= 4 is 23.5 Å². The predicted octanol–water partition coefficient (Wildman–Crippen LogP) is 1.52. The number of benzene rings is 1. The lowest BCUT2D eigenvalue weighted by Crippen LogP contribution is -2.36. The molecule has 1 aromatic carbocycles. The van der Waals surface area contributed by atoms with Crippen molar-refractivity contribution in [3.8, 4) is 0 Å². The number of nitrogens with one attached hydrogen (secondary N) is 1. The molecular formula is C13H14ClNO4. The van der Waals surface area contributed by atoms with E-state index in [1.807, 2.05) is 0 Å². The third-order valence-electron chi connectivity index (χ3n) is 2.43. The first-order valence-electron chi connectivity index (χ1n) is 5.55. The standard InChI is InChI=1S/C13H14ClNO4/c1-8(15-11(16)6-7-12(17)18)13(19)9-2-4-10(14)5-3-9/h2-8,13,19H,1H3,(H,15,16)(H,17,18). The highest BCUT2D eigenvalue weighted by Gasteiger charge is 2.17. The van der Waals surface area contributed by atoms with Crippen LogP contribution in [0.25, 0.3) is 0 Å². The molecule has 0 aliphatic heterocycles. The molecule has 0 heterocycles. The van der Waals surface area contributed by atoms with Crippen LogP contribution in [0.2, 0.25) is 5.02 Å². The molecule has 0 spiro atoms. The summed E-state index contributed by atoms with van der Waals surface area (Å²) < 4.78 is 0. The van der Waals surface area contributed by atoms with Gasteiger partial charge in [0.25, 0.3) is 0 Å². The zero-order valence-electron chi connectivity index (χ0n) is 10.2. The molecule has 5 nitrogen and oxygen atoms in total. The van der Waals surface area contributed by atoms with E-state index in [1.54, 1.807) is 31.2 Å². The molecule has 0 fully saturated rings. The van der Waals surface area contributed by atoms with Gasteiger partial charge in [-0.15, -0.1) is 0 Å². The molecule has 102 valence electrons. The number of hydrogen-bond donors (Lipinski definition) is 3. The normalized spacial score (nSPS) is 14.1. The summed E-state index contributed by atoms with van der Waals surface area (Å²) in [5, 5.41) is 21.4. The van der Waals surface area contributed by atoms with Crippen molar-refractivity contribution in [2.24, 2.45) is 0 Å². The number of aliphatic hydroxyl groups excluding tert-OH is 1. The maximum atomic E-state index is 11.4. The van der Waals surface area contributed by atoms with E-state index in [1.165, 1.54) is 0 Å². The average molecular weight is 284 g/mol. The van der Waals surface area contributed by atoms with Crippen molar-refractivity contribution in [2.75, 3.05) is 0 Å². The Morgan fingerprint density at radius 2 is 1.84 bits per heavy atom. The average Bonchev–Trinajstić information content (AvgIpc) is 2.36. The highest BCUT2D eigenvalue weighted by Crippen LogP contribution is 2.19. The predicted molar refractivity (Wildman–Crippen MR) is 70.8 cm³/mol. The van der Waals surface area contributed by atoms with Gasteiger partial charge < -0.3 is 15.5 Å². The number of carbonyl (C=O) groups is 2. The number of rotatable bonds is 5. The lowest BCUT2D eigenvalue weighted by atomic mass is 10.0. The molecule has 1 amide bonds. The van der Waals surface area contributed by atoms with Gasteiger partial charge in [0.15, 0.2) is 0 Å². The highest BCUT2D eigenvalue weighted by molar-refractivity contribution is 6.30. The quantitative estimate of drug-likeness (QED) is 0.715. The van der Waals surface area contributed by atoms with Gasteiger partial charge in [-0.2, -0.15) is 0 Å². The molecule has 0 bridgehead atoms. The first-order chi connectivity index (χ1) is 8.90. The van der Waals surface area contributed by atoms with E-state index in [4.69, 9.17) is 16.7 Å². The lowest BCUT2D eigenvalue weighted by molar-refractivity contribution is -0.131. The monoisotopic (exact) mass is 283 g/mol. The second kappa shape index (κ2) is 6.92. The SMILES string of the molecule is CC(NC(=O)C=CC(=O)O)C(O)c1ccc(Cl)cc1. The lowest BCUT2D eigenvalue weighted by Gasteiger charge is -2.19. The summed E-state index contributed by atoms with van der Waals surface area (Å²) in [6.45, 7) is 1.62. The van der Waals surface area contributed by atoms with E-state index in [0.717, 1.165) is 12.2 Å². The number of aliphatic carboxylic acids is 1. The van der Waals surface area contributed by atoms with E-state index in [0.29, 0.717) is 10.6 Å². The molecule has 0 aliphatic rings. The van der Waals surface area contributed by atoms with Crippen molar-refractivity contribution < 1.29 is 19.8 Å². The van der Waals surface area contributed by atoms with Crippen LogP contribution in [-0.2, 0) is 9.59 Å². The number of amides is 1. The van der Waals surface area contributed by atoms with Crippen molar-refractivity contribution in [2.45, 2.75) is 19.1 Å². The molecule has 2 atom stereocenters. The second-order valence-corrected chi connectivity index (χ2v) is 4.40. The molecule has 0 saturated heterocycles. The first-order valence-corrected chi connectivity index (χ1v) is 5.93. The fourth-order valence-corrected chi connectivity index (χ4v) is 1.57. The maximum Gasteiger partial charge on any atom is 0.328 e. The number of aliphatic hydroxyl groups is 1. The summed E-state index contributed by atoms with van der Waals surface area (Å²) in [7, 11) is 0. The van der Waals surface area contributed by atoms with Gasteiger partial charge in [0, 0.05) is 17.2 Å². The molecule has 0 saturated carbocycles. The van der Waals surface area contributed by atoms with E-state index >= 15 is 0 Å². The Labute approximate surface area is 115 Å². The zero-order valence-corrected chi connectivity index (χ0v) is 11.0. The largest absolute Gasteiger partial charge is 0.478 e. The molecule has 1 aromatic rings. The van der Waals surface area contributed by atoms with Crippen molar-refractivity contribution in [3.63, 3.8) is 0 Å². The molecule has 1 rings (SSSR count). The Balaban J connectivity index is 2.62. The van der Waals surface area contributed by atoms with Crippen molar-refractivity contribution in [3.05, 3.63) is 47.0 Å². The zero-order chi connectivity index (χ0) is 14.4. The molecule has 6 heteroatoms. The fraction of sp³-hybridized carbons (Fsp3) is 0.231. The number of halogens is 1. The van der Waals surface area contributed by atoms with Gasteiger partial charge in [-0.25, -0.2) is 4.79 Å². The van der Waals surface area contributed by atoms with Crippen LogP contribution < -0.4 is 5.32 Å². The number of carboxylic acid groups (broad SMARTS) is 1. The minimum absolute atomic E-state index is 0.553. The summed E-state index contributed by atoms with van der Waals surface area (Å²) >= 11 is 5.74. The van der Waals surface area contributed by atoms with Gasteiger partial charge >= 0.3 is 5.97 Å². The summed E-state index contributed by atoms with van der Waals surface area (Å²) in [5.41, 5.74) is 0.611. The summed E-state index contributed by atoms with van der Waals surface area (Å²) in [5.74, 6) is -1.79. The number of carboxylic acids is 1. The Morgan fingerprint density at radius 3 is 2.37 bits per heavy atom. The van der Waals surface area contributed by atoms with Gasteiger partial charge in [-0.05, 0) is 24.6 Å². The van der Waals surface area contributed by atoms with Crippen molar-refractivity contribution in [1.82, 2.24) is 5.32 Å². The van der Waals surface area contributed by atoms with Crippen LogP contribution in [0.3, 0.4) is 0 Å². The number of hydrogen-bond acceptors (Lipinski definition) is 3. The summed E-state index contributed by atoms with van der Waals surface area (Å²) in [6, 6.07) is 6.02. The minimum Gasteiger partial charge on any atom is -0.478 e. The van der Waals surface area contributed by atoms with Crippen LogP contribution in [0.1, 0.15) is 18.6 Å². The van der Waals surface area contributed by atoms with Crippen LogP contribution in [0.4, 0.5) is 0 Å². The van der Waals surface area contributed by atoms with E-state index < -0.39 is 24.0 Å². The molecule has 0 radical (unpaired) electrons. The van der Waals surface area contributed by atoms with Gasteiger partial charge in [0.1, 0.15) is 0 Å². The maximum absolute atomic E-state index is 11.4. The van der Waals surface area contributed by atoms with Gasteiger partial charge in [0.05, 0.1) is 12.1 Å². The van der Waals surface area contributed by atoms with Gasteiger partial charge in [0.2, 0.25) is 5.91 Å². The van der Waals surface area contributed by atoms with E-state index in [-0.39, 0.29) is 0 Å². The molecule has 3 N–H and O–H groups in total. The van der Waals surface area contributed by atoms with Crippen LogP contribution in [0.15, 0.2) is 36.4 Å². The first kappa shape index (κ1) is 15.2. The minimum atomic E-state index is -1.21. The molecular weight excluding hydrogens is 270 g/mol. The Hall–Kier alpha value is -1.85. The smallest absolute Gasteiger partial charge is 0.328 e. The van der Waals surface area contributed by atoms with Crippen molar-refractivity contribution in [1.29, 1.82) is 0 Å². The third-order valence-corrected chi connectivity index (χ3v) is 2.68. The van der Waals surface area contributed by atoms with Crippen LogP contribution in [0, 0.1) is 0 Å². The highest BCUT2D eigenvalue weighted by atomic mass is 35.5. The Kier molecular flexibility index (Phi) is 5.54. The summed E-state index contributed by atoms with van der Waals surface area (Å²) in [4.78, 5) is 21.6.